The maximum Gasteiger partial charge on any atom is 0.490 e. The topological polar surface area (TPSA) is 146 Å². The van der Waals surface area contributed by atoms with Gasteiger partial charge in [0.25, 0.3) is 0 Å². The SMILES string of the molecule is O=C(CCNS(=O)(=O)c1cccc2nsnc12)N1CCN(c2cccnc2)CC1.O=C(O)C(F)(F)F. The number of carbonyl (C=O) groups is 2. The number of aromatic nitrogens is 3. The molecule has 4 rings (SSSR count). The van der Waals surface area contributed by atoms with Gasteiger partial charge in [-0.2, -0.15) is 21.9 Å². The number of carboxylic acids is 1. The molecule has 1 amide bonds. The van der Waals surface area contributed by atoms with Gasteiger partial charge in [-0.1, -0.05) is 6.07 Å². The highest BCUT2D eigenvalue weighted by Crippen LogP contribution is 2.21. The standard InChI is InChI=1S/C18H20N6O3S2.C2HF3O2/c25-17(24-11-9-23(10-12-24)14-3-2-7-19-13-14)6-8-20-29(26,27)16-5-1-4-15-18(16)22-28-21-15;3-2(4,5)1(6)7/h1-5,7,13,20H,6,8-12H2;(H,6,7). The van der Waals surface area contributed by atoms with Gasteiger partial charge >= 0.3 is 12.1 Å². The molecule has 1 saturated heterocycles. The van der Waals surface area contributed by atoms with Crippen LogP contribution in [0.15, 0.2) is 47.6 Å². The lowest BCUT2D eigenvalue weighted by Crippen LogP contribution is -2.49. The van der Waals surface area contributed by atoms with Crippen molar-refractivity contribution in [1.29, 1.82) is 0 Å². The van der Waals surface area contributed by atoms with Crippen LogP contribution in [-0.2, 0) is 19.6 Å². The Kier molecular flexibility index (Phi) is 8.75. The van der Waals surface area contributed by atoms with Gasteiger partial charge in [0.2, 0.25) is 15.9 Å². The zero-order valence-electron chi connectivity index (χ0n) is 18.6. The van der Waals surface area contributed by atoms with Gasteiger partial charge in [0.15, 0.2) is 0 Å². The number of benzene rings is 1. The van der Waals surface area contributed by atoms with E-state index >= 15 is 0 Å². The number of hydrogen-bond donors (Lipinski definition) is 2. The highest BCUT2D eigenvalue weighted by Gasteiger charge is 2.38. The van der Waals surface area contributed by atoms with E-state index < -0.39 is 22.2 Å². The van der Waals surface area contributed by atoms with Crippen LogP contribution in [0, 0.1) is 0 Å². The number of nitrogens with zero attached hydrogens (tertiary/aromatic N) is 5. The first kappa shape index (κ1) is 27.2. The summed E-state index contributed by atoms with van der Waals surface area (Å²) < 4.78 is 67.5. The molecule has 2 N–H and O–H groups in total. The Morgan fingerprint density at radius 3 is 2.39 bits per heavy atom. The number of pyridine rings is 1. The number of aliphatic carboxylic acids is 1. The van der Waals surface area contributed by atoms with Crippen LogP contribution < -0.4 is 9.62 Å². The highest BCUT2D eigenvalue weighted by atomic mass is 32.2. The average Bonchev–Trinajstić information content (AvgIpc) is 3.33. The van der Waals surface area contributed by atoms with Crippen LogP contribution in [0.5, 0.6) is 0 Å². The first-order chi connectivity index (χ1) is 17.0. The summed E-state index contributed by atoms with van der Waals surface area (Å²) in [4.78, 5) is 29.5. The van der Waals surface area contributed by atoms with Crippen LogP contribution in [-0.4, -0.2) is 82.9 Å². The van der Waals surface area contributed by atoms with E-state index in [1.807, 2.05) is 18.3 Å². The van der Waals surface area contributed by atoms with E-state index in [1.54, 1.807) is 23.2 Å². The number of fused-ring (bicyclic) bond motifs is 1. The number of amides is 1. The molecule has 0 bridgehead atoms. The van der Waals surface area contributed by atoms with Gasteiger partial charge in [0.05, 0.1) is 23.6 Å². The van der Waals surface area contributed by atoms with Gasteiger partial charge in [-0.15, -0.1) is 0 Å². The molecule has 11 nitrogen and oxygen atoms in total. The fourth-order valence-corrected chi connectivity index (χ4v) is 5.08. The molecular formula is C20H21F3N6O5S2. The maximum absolute atomic E-state index is 12.6. The predicted molar refractivity (Wildman–Crippen MR) is 124 cm³/mol. The third kappa shape index (κ3) is 7.08. The molecule has 3 aromatic rings. The fraction of sp³-hybridized carbons (Fsp3) is 0.350. The Labute approximate surface area is 207 Å². The molecule has 1 aliphatic rings. The first-order valence-electron chi connectivity index (χ1n) is 10.4. The van der Waals surface area contributed by atoms with Crippen molar-refractivity contribution < 1.29 is 36.3 Å². The van der Waals surface area contributed by atoms with Crippen LogP contribution in [0.25, 0.3) is 11.0 Å². The third-order valence-corrected chi connectivity index (χ3v) is 7.09. The van der Waals surface area contributed by atoms with Crippen LogP contribution in [0.3, 0.4) is 0 Å². The number of alkyl halides is 3. The Morgan fingerprint density at radius 1 is 1.08 bits per heavy atom. The van der Waals surface area contributed by atoms with E-state index in [1.165, 1.54) is 6.07 Å². The molecule has 0 saturated carbocycles. The van der Waals surface area contributed by atoms with E-state index in [9.17, 15) is 26.4 Å². The number of sulfonamides is 1. The smallest absolute Gasteiger partial charge is 0.475 e. The van der Waals surface area contributed by atoms with E-state index in [4.69, 9.17) is 9.90 Å². The Hall–Kier alpha value is -3.37. The van der Waals surface area contributed by atoms with Gasteiger partial charge in [0.1, 0.15) is 15.9 Å². The number of piperazine rings is 1. The summed E-state index contributed by atoms with van der Waals surface area (Å²) in [7, 11) is -3.76. The minimum atomic E-state index is -5.08. The summed E-state index contributed by atoms with van der Waals surface area (Å²) in [5, 5.41) is 7.12. The Balaban J connectivity index is 0.000000454. The van der Waals surface area contributed by atoms with Gasteiger partial charge in [-0.3, -0.25) is 9.78 Å². The molecule has 0 aliphatic carbocycles. The van der Waals surface area contributed by atoms with Crippen LogP contribution in [0.1, 0.15) is 6.42 Å². The largest absolute Gasteiger partial charge is 0.490 e. The number of carbonyl (C=O) groups excluding carboxylic acids is 1. The lowest BCUT2D eigenvalue weighted by molar-refractivity contribution is -0.192. The van der Waals surface area contributed by atoms with E-state index in [2.05, 4.69) is 23.4 Å². The second-order valence-corrected chi connectivity index (χ2v) is 9.68. The maximum atomic E-state index is 12.6. The van der Waals surface area contributed by atoms with Gasteiger partial charge in [0, 0.05) is 45.3 Å². The minimum Gasteiger partial charge on any atom is -0.475 e. The molecule has 2 aromatic heterocycles. The normalized spacial score (nSPS) is 14.3. The predicted octanol–water partition coefficient (Wildman–Crippen LogP) is 1.74. The molecule has 0 spiro atoms. The Bertz CT molecular complexity index is 1300. The van der Waals surface area contributed by atoms with Crippen molar-refractivity contribution in [3.8, 4) is 0 Å². The average molecular weight is 547 g/mol. The van der Waals surface area contributed by atoms with E-state index in [-0.39, 0.29) is 23.8 Å². The summed E-state index contributed by atoms with van der Waals surface area (Å²) in [5.41, 5.74) is 1.93. The molecular weight excluding hydrogens is 525 g/mol. The molecule has 36 heavy (non-hydrogen) atoms. The number of anilines is 1. The monoisotopic (exact) mass is 546 g/mol. The van der Waals surface area contributed by atoms with Crippen molar-refractivity contribution in [3.05, 3.63) is 42.7 Å². The summed E-state index contributed by atoms with van der Waals surface area (Å²) in [6.07, 6.45) is -1.43. The number of halogens is 3. The third-order valence-electron chi connectivity index (χ3n) is 5.06. The molecule has 3 heterocycles. The van der Waals surface area contributed by atoms with Gasteiger partial charge in [-0.25, -0.2) is 17.9 Å². The first-order valence-corrected chi connectivity index (χ1v) is 12.6. The van der Waals surface area contributed by atoms with Crippen molar-refractivity contribution >= 4 is 50.3 Å². The molecule has 0 unspecified atom stereocenters. The highest BCUT2D eigenvalue weighted by molar-refractivity contribution is 7.89. The number of hydrogen-bond acceptors (Lipinski definition) is 9. The molecule has 1 fully saturated rings. The van der Waals surface area contributed by atoms with Gasteiger partial charge in [-0.05, 0) is 24.3 Å². The summed E-state index contributed by atoms with van der Waals surface area (Å²) in [5.74, 6) is -2.82. The van der Waals surface area contributed by atoms with Crippen molar-refractivity contribution in [1.82, 2.24) is 23.4 Å². The molecule has 1 aromatic carbocycles. The summed E-state index contributed by atoms with van der Waals surface area (Å²) >= 11 is 0.968. The zero-order valence-corrected chi connectivity index (χ0v) is 20.2. The number of nitrogens with one attached hydrogen (secondary N) is 1. The molecule has 16 heteroatoms. The van der Waals surface area contributed by atoms with Crippen LogP contribution in [0.4, 0.5) is 18.9 Å². The summed E-state index contributed by atoms with van der Waals surface area (Å²) in [6.45, 7) is 2.69. The second-order valence-electron chi connectivity index (χ2n) is 7.42. The van der Waals surface area contributed by atoms with Crippen molar-refractivity contribution in [2.75, 3.05) is 37.6 Å². The van der Waals surface area contributed by atoms with Crippen LogP contribution in [0.2, 0.25) is 0 Å². The Morgan fingerprint density at radius 2 is 1.78 bits per heavy atom. The lowest BCUT2D eigenvalue weighted by atomic mass is 10.2. The summed E-state index contributed by atoms with van der Waals surface area (Å²) in [6, 6.07) is 8.72. The minimum absolute atomic E-state index is 0.0396. The van der Waals surface area contributed by atoms with Crippen molar-refractivity contribution in [2.45, 2.75) is 17.5 Å². The van der Waals surface area contributed by atoms with Crippen LogP contribution >= 0.6 is 11.7 Å². The van der Waals surface area contributed by atoms with Crippen molar-refractivity contribution in [2.24, 2.45) is 0 Å². The second kappa shape index (κ2) is 11.6. The fourth-order valence-electron chi connectivity index (χ4n) is 3.28. The quantitative estimate of drug-likeness (QED) is 0.472. The number of carboxylic acid groups (broad SMARTS) is 1. The van der Waals surface area contributed by atoms with Crippen molar-refractivity contribution in [3.63, 3.8) is 0 Å². The lowest BCUT2D eigenvalue weighted by Gasteiger charge is -2.36. The zero-order chi connectivity index (χ0) is 26.3. The van der Waals surface area contributed by atoms with E-state index in [0.29, 0.717) is 24.1 Å². The molecule has 0 radical (unpaired) electrons. The number of rotatable bonds is 6. The molecule has 194 valence electrons. The van der Waals surface area contributed by atoms with Gasteiger partial charge < -0.3 is 14.9 Å². The molecule has 0 atom stereocenters. The molecule has 1 aliphatic heterocycles. The van der Waals surface area contributed by atoms with E-state index in [0.717, 1.165) is 30.5 Å².